The molecule has 0 radical (unpaired) electrons. The van der Waals surface area contributed by atoms with Crippen molar-refractivity contribution in [3.8, 4) is 5.75 Å². The molecular formula is C18H19ClN2O3. The summed E-state index contributed by atoms with van der Waals surface area (Å²) >= 11 is 5.80. The number of ether oxygens (including phenoxy) is 1. The quantitative estimate of drug-likeness (QED) is 0.444. The molecule has 2 rings (SSSR count). The SMILES string of the molecule is CC(=O)Nc1ccc(/C=N/OCCCOc2ccc(Cl)cc2)cc1. The van der Waals surface area contributed by atoms with E-state index in [1.807, 2.05) is 36.4 Å². The normalized spacial score (nSPS) is 10.6. The summed E-state index contributed by atoms with van der Waals surface area (Å²) in [5.41, 5.74) is 1.64. The van der Waals surface area contributed by atoms with Crippen molar-refractivity contribution in [1.82, 2.24) is 0 Å². The number of oxime groups is 1. The summed E-state index contributed by atoms with van der Waals surface area (Å²) in [4.78, 5) is 16.1. The Balaban J connectivity index is 1.62. The number of benzene rings is 2. The molecule has 0 spiro atoms. The van der Waals surface area contributed by atoms with E-state index in [0.29, 0.717) is 18.2 Å². The maximum atomic E-state index is 10.9. The minimum Gasteiger partial charge on any atom is -0.493 e. The van der Waals surface area contributed by atoms with Crippen LogP contribution in [0.1, 0.15) is 18.9 Å². The van der Waals surface area contributed by atoms with Gasteiger partial charge in [-0.25, -0.2) is 0 Å². The van der Waals surface area contributed by atoms with Crippen molar-refractivity contribution in [3.63, 3.8) is 0 Å². The first-order chi connectivity index (χ1) is 11.6. The molecule has 0 heterocycles. The first-order valence-electron chi connectivity index (χ1n) is 7.55. The number of amides is 1. The third-order valence-corrected chi connectivity index (χ3v) is 3.22. The van der Waals surface area contributed by atoms with E-state index in [0.717, 1.165) is 23.4 Å². The van der Waals surface area contributed by atoms with Gasteiger partial charge in [-0.3, -0.25) is 4.79 Å². The molecule has 2 aromatic carbocycles. The number of carbonyl (C=O) groups is 1. The van der Waals surface area contributed by atoms with Crippen LogP contribution in [0.3, 0.4) is 0 Å². The molecule has 0 bridgehead atoms. The fourth-order valence-electron chi connectivity index (χ4n) is 1.85. The highest BCUT2D eigenvalue weighted by molar-refractivity contribution is 6.30. The van der Waals surface area contributed by atoms with E-state index < -0.39 is 0 Å². The number of hydrogen-bond donors (Lipinski definition) is 1. The molecule has 0 saturated heterocycles. The number of anilines is 1. The molecule has 24 heavy (non-hydrogen) atoms. The lowest BCUT2D eigenvalue weighted by atomic mass is 10.2. The van der Waals surface area contributed by atoms with Gasteiger partial charge in [0.1, 0.15) is 12.4 Å². The fraction of sp³-hybridized carbons (Fsp3) is 0.222. The number of nitrogens with one attached hydrogen (secondary N) is 1. The van der Waals surface area contributed by atoms with Crippen LogP contribution >= 0.6 is 11.6 Å². The smallest absolute Gasteiger partial charge is 0.221 e. The lowest BCUT2D eigenvalue weighted by molar-refractivity contribution is -0.114. The van der Waals surface area contributed by atoms with Crippen molar-refractivity contribution in [2.75, 3.05) is 18.5 Å². The van der Waals surface area contributed by atoms with E-state index in [2.05, 4.69) is 10.5 Å². The molecule has 1 N–H and O–H groups in total. The number of hydrogen-bond acceptors (Lipinski definition) is 4. The van der Waals surface area contributed by atoms with Crippen molar-refractivity contribution >= 4 is 29.4 Å². The van der Waals surface area contributed by atoms with Crippen LogP contribution in [-0.2, 0) is 9.63 Å². The van der Waals surface area contributed by atoms with E-state index in [1.54, 1.807) is 18.3 Å². The predicted octanol–water partition coefficient (Wildman–Crippen LogP) is 4.12. The third kappa shape index (κ3) is 6.71. The van der Waals surface area contributed by atoms with Gasteiger partial charge >= 0.3 is 0 Å². The van der Waals surface area contributed by atoms with Gasteiger partial charge in [0.25, 0.3) is 0 Å². The number of carbonyl (C=O) groups excluding carboxylic acids is 1. The Morgan fingerprint density at radius 2 is 1.83 bits per heavy atom. The predicted molar refractivity (Wildman–Crippen MR) is 95.9 cm³/mol. The summed E-state index contributed by atoms with van der Waals surface area (Å²) in [7, 11) is 0. The Labute approximate surface area is 146 Å². The van der Waals surface area contributed by atoms with Crippen LogP contribution in [0.15, 0.2) is 53.7 Å². The van der Waals surface area contributed by atoms with E-state index in [4.69, 9.17) is 21.2 Å². The zero-order valence-corrected chi connectivity index (χ0v) is 14.1. The van der Waals surface area contributed by atoms with Crippen LogP contribution < -0.4 is 10.1 Å². The van der Waals surface area contributed by atoms with E-state index in [1.165, 1.54) is 6.92 Å². The van der Waals surface area contributed by atoms with Gasteiger partial charge in [-0.1, -0.05) is 28.9 Å². The zero-order valence-electron chi connectivity index (χ0n) is 13.4. The van der Waals surface area contributed by atoms with Crippen molar-refractivity contribution in [2.24, 2.45) is 5.16 Å². The van der Waals surface area contributed by atoms with Crippen molar-refractivity contribution in [3.05, 3.63) is 59.1 Å². The van der Waals surface area contributed by atoms with Gasteiger partial charge in [0.2, 0.25) is 5.91 Å². The van der Waals surface area contributed by atoms with E-state index in [9.17, 15) is 4.79 Å². The van der Waals surface area contributed by atoms with E-state index >= 15 is 0 Å². The Hall–Kier alpha value is -2.53. The summed E-state index contributed by atoms with van der Waals surface area (Å²) in [6, 6.07) is 14.5. The summed E-state index contributed by atoms with van der Waals surface area (Å²) in [5, 5.41) is 7.29. The van der Waals surface area contributed by atoms with Gasteiger partial charge in [-0.15, -0.1) is 0 Å². The molecule has 5 nitrogen and oxygen atoms in total. The molecule has 0 aliphatic rings. The lowest BCUT2D eigenvalue weighted by Crippen LogP contribution is -2.05. The second-order valence-electron chi connectivity index (χ2n) is 5.03. The monoisotopic (exact) mass is 346 g/mol. The molecule has 0 aromatic heterocycles. The standard InChI is InChI=1S/C18H19ClN2O3/c1-14(22)21-17-7-3-15(4-8-17)13-20-24-12-2-11-23-18-9-5-16(19)6-10-18/h3-10,13H,2,11-12H2,1H3,(H,21,22)/b20-13+. The largest absolute Gasteiger partial charge is 0.493 e. The van der Waals surface area contributed by atoms with Gasteiger partial charge in [-0.2, -0.15) is 0 Å². The molecule has 0 aliphatic carbocycles. The van der Waals surface area contributed by atoms with Gasteiger partial charge in [0, 0.05) is 24.1 Å². The molecular weight excluding hydrogens is 328 g/mol. The van der Waals surface area contributed by atoms with Gasteiger partial charge in [0.15, 0.2) is 0 Å². The topological polar surface area (TPSA) is 59.9 Å². The van der Waals surface area contributed by atoms with Crippen molar-refractivity contribution < 1.29 is 14.4 Å². The molecule has 0 fully saturated rings. The Morgan fingerprint density at radius 3 is 2.50 bits per heavy atom. The highest BCUT2D eigenvalue weighted by Gasteiger charge is 1.96. The van der Waals surface area contributed by atoms with E-state index in [-0.39, 0.29) is 5.91 Å². The Bertz CT molecular complexity index is 670. The summed E-state index contributed by atoms with van der Waals surface area (Å²) in [6.07, 6.45) is 2.35. The van der Waals surface area contributed by atoms with Gasteiger partial charge in [0.05, 0.1) is 12.8 Å². The molecule has 6 heteroatoms. The first kappa shape index (κ1) is 17.8. The molecule has 0 aliphatic heterocycles. The first-order valence-corrected chi connectivity index (χ1v) is 7.92. The second kappa shape index (κ2) is 9.57. The maximum absolute atomic E-state index is 10.9. The Kier molecular flexibility index (Phi) is 7.11. The number of halogens is 1. The average molecular weight is 347 g/mol. The minimum atomic E-state index is -0.0967. The van der Waals surface area contributed by atoms with Crippen LogP contribution in [0.5, 0.6) is 5.75 Å². The highest BCUT2D eigenvalue weighted by Crippen LogP contribution is 2.15. The molecule has 2 aromatic rings. The van der Waals surface area contributed by atoms with Crippen LogP contribution in [0, 0.1) is 0 Å². The second-order valence-corrected chi connectivity index (χ2v) is 5.46. The summed E-state index contributed by atoms with van der Waals surface area (Å²) in [6.45, 7) is 2.48. The minimum absolute atomic E-state index is 0.0967. The zero-order chi connectivity index (χ0) is 17.2. The molecule has 0 unspecified atom stereocenters. The Morgan fingerprint density at radius 1 is 1.12 bits per heavy atom. The van der Waals surface area contributed by atoms with Crippen LogP contribution in [-0.4, -0.2) is 25.3 Å². The average Bonchev–Trinajstić information content (AvgIpc) is 2.56. The fourth-order valence-corrected chi connectivity index (χ4v) is 1.98. The lowest BCUT2D eigenvalue weighted by Gasteiger charge is -2.05. The molecule has 0 atom stereocenters. The molecule has 0 saturated carbocycles. The molecule has 126 valence electrons. The molecule has 1 amide bonds. The van der Waals surface area contributed by atoms with Crippen LogP contribution in [0.4, 0.5) is 5.69 Å². The van der Waals surface area contributed by atoms with Gasteiger partial charge in [-0.05, 0) is 42.0 Å². The highest BCUT2D eigenvalue weighted by atomic mass is 35.5. The maximum Gasteiger partial charge on any atom is 0.221 e. The van der Waals surface area contributed by atoms with Crippen LogP contribution in [0.25, 0.3) is 0 Å². The van der Waals surface area contributed by atoms with Crippen LogP contribution in [0.2, 0.25) is 5.02 Å². The summed E-state index contributed by atoms with van der Waals surface area (Å²) in [5.74, 6) is 0.683. The van der Waals surface area contributed by atoms with Crippen molar-refractivity contribution in [2.45, 2.75) is 13.3 Å². The van der Waals surface area contributed by atoms with Crippen molar-refractivity contribution in [1.29, 1.82) is 0 Å². The number of rotatable bonds is 8. The number of nitrogens with zero attached hydrogens (tertiary/aromatic N) is 1. The summed E-state index contributed by atoms with van der Waals surface area (Å²) < 4.78 is 5.55. The third-order valence-electron chi connectivity index (χ3n) is 2.97. The van der Waals surface area contributed by atoms with Gasteiger partial charge < -0.3 is 14.9 Å².